The van der Waals surface area contributed by atoms with Crippen molar-refractivity contribution in [2.24, 2.45) is 0 Å². The van der Waals surface area contributed by atoms with Crippen molar-refractivity contribution in [3.8, 4) is 11.4 Å². The van der Waals surface area contributed by atoms with Crippen molar-refractivity contribution in [1.82, 2.24) is 14.5 Å². The number of para-hydroxylation sites is 1. The molecule has 7 nitrogen and oxygen atoms in total. The first-order valence-corrected chi connectivity index (χ1v) is 10.4. The van der Waals surface area contributed by atoms with E-state index in [2.05, 4.69) is 4.98 Å². The Balaban J connectivity index is 2.09. The topological polar surface area (TPSA) is 97.2 Å². The van der Waals surface area contributed by atoms with Crippen LogP contribution in [0.2, 0.25) is 0 Å². The van der Waals surface area contributed by atoms with Crippen LogP contribution in [0.3, 0.4) is 0 Å². The van der Waals surface area contributed by atoms with Gasteiger partial charge < -0.3 is 14.8 Å². The van der Waals surface area contributed by atoms with E-state index in [-0.39, 0.29) is 5.56 Å². The molecule has 2 heterocycles. The minimum absolute atomic E-state index is 0.303. The lowest BCUT2D eigenvalue weighted by Crippen LogP contribution is -2.24. The lowest BCUT2D eigenvalue weighted by molar-refractivity contribution is -0.136. The van der Waals surface area contributed by atoms with E-state index in [1.54, 1.807) is 13.0 Å². The second-order valence-corrected chi connectivity index (χ2v) is 8.13. The standard InChI is InChI=1S/C22H21N3O4S/c1-4-17(21(27)28)30-22-24-18-13-7-5-6-8-14(13)23-19(18)20(26)25(22)15-11-12(2)9-10-16(15)29-3/h5-11,17,23H,4H2,1-3H3,(H,27,28). The quantitative estimate of drug-likeness (QED) is 0.357. The molecule has 2 N–H and O–H groups in total. The number of nitrogens with one attached hydrogen (secondary N) is 1. The predicted octanol–water partition coefficient (Wildman–Crippen LogP) is 4.14. The smallest absolute Gasteiger partial charge is 0.317 e. The third kappa shape index (κ3) is 3.33. The molecule has 1 atom stereocenters. The average molecular weight is 423 g/mol. The van der Waals surface area contributed by atoms with Gasteiger partial charge in [0.05, 0.1) is 12.8 Å². The van der Waals surface area contributed by atoms with Gasteiger partial charge >= 0.3 is 5.97 Å². The van der Waals surface area contributed by atoms with E-state index in [4.69, 9.17) is 9.72 Å². The monoisotopic (exact) mass is 423 g/mol. The number of aliphatic carboxylic acids is 1. The molecule has 4 rings (SSSR count). The van der Waals surface area contributed by atoms with Gasteiger partial charge in [-0.15, -0.1) is 0 Å². The van der Waals surface area contributed by atoms with Crippen LogP contribution in [0.25, 0.3) is 27.6 Å². The highest BCUT2D eigenvalue weighted by atomic mass is 32.2. The molecule has 1 unspecified atom stereocenters. The summed E-state index contributed by atoms with van der Waals surface area (Å²) in [6, 6.07) is 13.0. The maximum absolute atomic E-state index is 13.6. The second kappa shape index (κ2) is 7.87. The zero-order chi connectivity index (χ0) is 21.4. The highest BCUT2D eigenvalue weighted by Crippen LogP contribution is 2.32. The van der Waals surface area contributed by atoms with Gasteiger partial charge in [-0.1, -0.05) is 43.0 Å². The summed E-state index contributed by atoms with van der Waals surface area (Å²) in [5, 5.41) is 9.99. The lowest BCUT2D eigenvalue weighted by Gasteiger charge is -2.17. The van der Waals surface area contributed by atoms with E-state index >= 15 is 0 Å². The Hall–Kier alpha value is -3.26. The highest BCUT2D eigenvalue weighted by Gasteiger charge is 2.24. The van der Waals surface area contributed by atoms with Crippen molar-refractivity contribution in [2.75, 3.05) is 7.11 Å². The van der Waals surface area contributed by atoms with E-state index in [9.17, 15) is 14.7 Å². The fourth-order valence-electron chi connectivity index (χ4n) is 3.44. The number of aromatic amines is 1. The minimum atomic E-state index is -0.946. The van der Waals surface area contributed by atoms with Crippen LogP contribution in [0, 0.1) is 6.92 Å². The molecule has 0 aliphatic heterocycles. The Bertz CT molecular complexity index is 1330. The number of aromatic nitrogens is 3. The van der Waals surface area contributed by atoms with Gasteiger partial charge in [-0.05, 0) is 37.1 Å². The average Bonchev–Trinajstić information content (AvgIpc) is 3.11. The van der Waals surface area contributed by atoms with Crippen molar-refractivity contribution in [3.63, 3.8) is 0 Å². The van der Waals surface area contributed by atoms with E-state index in [1.807, 2.05) is 43.3 Å². The number of H-pyrrole nitrogens is 1. The number of hydrogen-bond donors (Lipinski definition) is 2. The fraction of sp³-hybridized carbons (Fsp3) is 0.227. The van der Waals surface area contributed by atoms with E-state index in [0.29, 0.717) is 34.0 Å². The Morgan fingerprint density at radius 2 is 2.07 bits per heavy atom. The maximum atomic E-state index is 13.6. The van der Waals surface area contributed by atoms with Gasteiger partial charge in [-0.25, -0.2) is 9.55 Å². The molecule has 154 valence electrons. The molecule has 0 bridgehead atoms. The molecule has 8 heteroatoms. The minimum Gasteiger partial charge on any atom is -0.495 e. The number of rotatable bonds is 6. The van der Waals surface area contributed by atoms with Gasteiger partial charge in [0, 0.05) is 10.9 Å². The number of thioether (sulfide) groups is 1. The second-order valence-electron chi connectivity index (χ2n) is 6.96. The van der Waals surface area contributed by atoms with Gasteiger partial charge in [0.2, 0.25) is 0 Å². The number of hydrogen-bond acceptors (Lipinski definition) is 5. The largest absolute Gasteiger partial charge is 0.495 e. The van der Waals surface area contributed by atoms with Gasteiger partial charge in [-0.2, -0.15) is 0 Å². The molecule has 4 aromatic rings. The summed E-state index contributed by atoms with van der Waals surface area (Å²) in [7, 11) is 1.53. The van der Waals surface area contributed by atoms with Gasteiger partial charge in [-0.3, -0.25) is 9.59 Å². The molecule has 30 heavy (non-hydrogen) atoms. The number of aryl methyl sites for hydroxylation is 1. The number of methoxy groups -OCH3 is 1. The molecule has 0 fully saturated rings. The number of carboxylic acids is 1. The zero-order valence-corrected chi connectivity index (χ0v) is 17.6. The van der Waals surface area contributed by atoms with Crippen LogP contribution in [-0.4, -0.2) is 38.0 Å². The van der Waals surface area contributed by atoms with E-state index in [0.717, 1.165) is 28.2 Å². The number of carboxylic acid groups (broad SMARTS) is 1. The summed E-state index contributed by atoms with van der Waals surface area (Å²) in [6.07, 6.45) is 0.396. The number of fused-ring (bicyclic) bond motifs is 3. The summed E-state index contributed by atoms with van der Waals surface area (Å²) >= 11 is 1.07. The SMILES string of the molecule is CCC(Sc1nc2c([nH]c3ccccc32)c(=O)n1-c1cc(C)ccc1OC)C(=O)O. The van der Waals surface area contributed by atoms with Crippen LogP contribution in [0.15, 0.2) is 52.4 Å². The number of carbonyl (C=O) groups is 1. The van der Waals surface area contributed by atoms with Crippen molar-refractivity contribution < 1.29 is 14.6 Å². The van der Waals surface area contributed by atoms with E-state index < -0.39 is 11.2 Å². The highest BCUT2D eigenvalue weighted by molar-refractivity contribution is 8.00. The van der Waals surface area contributed by atoms with Crippen LogP contribution in [0.5, 0.6) is 5.75 Å². The molecule has 0 saturated heterocycles. The van der Waals surface area contributed by atoms with Crippen molar-refractivity contribution in [3.05, 3.63) is 58.4 Å². The first-order chi connectivity index (χ1) is 14.4. The first-order valence-electron chi connectivity index (χ1n) is 9.52. The fourth-order valence-corrected chi connectivity index (χ4v) is 4.40. The summed E-state index contributed by atoms with van der Waals surface area (Å²) < 4.78 is 6.94. The molecule has 0 amide bonds. The Morgan fingerprint density at radius 1 is 1.30 bits per heavy atom. The van der Waals surface area contributed by atoms with Crippen LogP contribution in [0.1, 0.15) is 18.9 Å². The molecule has 0 radical (unpaired) electrons. The zero-order valence-electron chi connectivity index (χ0n) is 16.8. The van der Waals surface area contributed by atoms with Crippen LogP contribution >= 0.6 is 11.8 Å². The Kier molecular flexibility index (Phi) is 5.26. The van der Waals surface area contributed by atoms with Gasteiger partial charge in [0.25, 0.3) is 5.56 Å². The summed E-state index contributed by atoms with van der Waals surface area (Å²) in [5.41, 5.74) is 2.86. The molecule has 0 aliphatic carbocycles. The summed E-state index contributed by atoms with van der Waals surface area (Å²) in [6.45, 7) is 3.72. The third-order valence-electron chi connectivity index (χ3n) is 4.96. The van der Waals surface area contributed by atoms with Crippen molar-refractivity contribution in [2.45, 2.75) is 30.7 Å². The molecule has 0 spiro atoms. The molecular weight excluding hydrogens is 402 g/mol. The first kappa shape index (κ1) is 20.0. The predicted molar refractivity (Wildman–Crippen MR) is 118 cm³/mol. The van der Waals surface area contributed by atoms with Gasteiger partial charge in [0.15, 0.2) is 5.16 Å². The normalized spacial score (nSPS) is 12.4. The van der Waals surface area contributed by atoms with Crippen molar-refractivity contribution in [1.29, 1.82) is 0 Å². The molecule has 2 aromatic carbocycles. The number of benzene rings is 2. The molecule has 2 aromatic heterocycles. The lowest BCUT2D eigenvalue weighted by atomic mass is 10.2. The van der Waals surface area contributed by atoms with Crippen LogP contribution < -0.4 is 10.3 Å². The van der Waals surface area contributed by atoms with Crippen LogP contribution in [-0.2, 0) is 4.79 Å². The van der Waals surface area contributed by atoms with Gasteiger partial charge in [0.1, 0.15) is 22.0 Å². The number of nitrogens with zero attached hydrogens (tertiary/aromatic N) is 2. The molecule has 0 saturated carbocycles. The Morgan fingerprint density at radius 3 is 2.77 bits per heavy atom. The van der Waals surface area contributed by atoms with Crippen LogP contribution in [0.4, 0.5) is 0 Å². The Labute approximate surface area is 176 Å². The van der Waals surface area contributed by atoms with Crippen molar-refractivity contribution >= 4 is 39.7 Å². The number of ether oxygens (including phenoxy) is 1. The third-order valence-corrected chi connectivity index (χ3v) is 6.27. The van der Waals surface area contributed by atoms with E-state index in [1.165, 1.54) is 11.7 Å². The summed E-state index contributed by atoms with van der Waals surface area (Å²) in [4.78, 5) is 33.2. The summed E-state index contributed by atoms with van der Waals surface area (Å²) in [5.74, 6) is -0.441. The molecular formula is C22H21N3O4S. The maximum Gasteiger partial charge on any atom is 0.317 e. The molecule has 0 aliphatic rings.